The van der Waals surface area contributed by atoms with E-state index in [1.54, 1.807) is 12.1 Å². The van der Waals surface area contributed by atoms with Gasteiger partial charge in [-0.15, -0.1) is 0 Å². The molecule has 1 saturated carbocycles. The molecule has 0 saturated heterocycles. The fourth-order valence-electron chi connectivity index (χ4n) is 1.79. The zero-order valence-corrected chi connectivity index (χ0v) is 8.52. The molecule has 0 heterocycles. The van der Waals surface area contributed by atoms with Crippen molar-refractivity contribution >= 4 is 5.97 Å². The van der Waals surface area contributed by atoms with E-state index in [1.165, 1.54) is 0 Å². The Labute approximate surface area is 88.9 Å². The van der Waals surface area contributed by atoms with E-state index < -0.39 is 0 Å². The van der Waals surface area contributed by atoms with Crippen LogP contribution in [0.1, 0.15) is 25.7 Å². The average Bonchev–Trinajstić information content (AvgIpc) is 2.81. The van der Waals surface area contributed by atoms with Crippen LogP contribution in [0, 0.1) is 5.92 Å². The Balaban J connectivity index is 1.80. The summed E-state index contributed by atoms with van der Waals surface area (Å²) >= 11 is 0. The van der Waals surface area contributed by atoms with Gasteiger partial charge >= 0.3 is 5.97 Å². The highest BCUT2D eigenvalue weighted by atomic mass is 17.2. The van der Waals surface area contributed by atoms with Gasteiger partial charge in [0.05, 0.1) is 5.92 Å². The number of carbonyl (C=O) groups is 1. The number of rotatable bonds is 3. The molecule has 1 aromatic rings. The zero-order chi connectivity index (χ0) is 10.5. The summed E-state index contributed by atoms with van der Waals surface area (Å²) in [4.78, 5) is 21.2. The quantitative estimate of drug-likeness (QED) is 0.563. The lowest BCUT2D eigenvalue weighted by Crippen LogP contribution is -2.16. The summed E-state index contributed by atoms with van der Waals surface area (Å²) in [5, 5.41) is 0. The summed E-state index contributed by atoms with van der Waals surface area (Å²) < 4.78 is 0. The number of hydrogen-bond donors (Lipinski definition) is 0. The Bertz CT molecular complexity index is 315. The van der Waals surface area contributed by atoms with Crippen LogP contribution in [-0.2, 0) is 9.68 Å². The summed E-state index contributed by atoms with van der Waals surface area (Å²) in [6, 6.07) is 9.05. The number of benzene rings is 1. The van der Waals surface area contributed by atoms with Crippen LogP contribution in [0.3, 0.4) is 0 Å². The van der Waals surface area contributed by atoms with Gasteiger partial charge in [-0.3, -0.25) is 9.78 Å². The average molecular weight is 206 g/mol. The first-order valence-electron chi connectivity index (χ1n) is 5.29. The van der Waals surface area contributed by atoms with Crippen molar-refractivity contribution in [3.63, 3.8) is 0 Å². The highest BCUT2D eigenvalue weighted by Gasteiger charge is 2.25. The molecule has 0 bridgehead atoms. The van der Waals surface area contributed by atoms with Gasteiger partial charge in [-0.1, -0.05) is 31.0 Å². The lowest BCUT2D eigenvalue weighted by atomic mass is 10.1. The highest BCUT2D eigenvalue weighted by molar-refractivity contribution is 5.72. The van der Waals surface area contributed by atoms with Crippen LogP contribution in [0.5, 0.6) is 5.75 Å². The number of carbonyl (C=O) groups excluding carboxylic acids is 1. The Morgan fingerprint density at radius 3 is 2.47 bits per heavy atom. The van der Waals surface area contributed by atoms with Crippen molar-refractivity contribution in [2.24, 2.45) is 5.92 Å². The summed E-state index contributed by atoms with van der Waals surface area (Å²) in [6.07, 6.45) is 4.09. The molecule has 0 unspecified atom stereocenters. The van der Waals surface area contributed by atoms with Crippen LogP contribution >= 0.6 is 0 Å². The van der Waals surface area contributed by atoms with Crippen molar-refractivity contribution < 1.29 is 14.6 Å². The van der Waals surface area contributed by atoms with Crippen molar-refractivity contribution in [1.82, 2.24) is 0 Å². The first kappa shape index (κ1) is 10.0. The Morgan fingerprint density at radius 2 is 1.80 bits per heavy atom. The van der Waals surface area contributed by atoms with Gasteiger partial charge in [0.1, 0.15) is 0 Å². The minimum absolute atomic E-state index is 0.0358. The molecule has 0 spiro atoms. The predicted octanol–water partition coefficient (Wildman–Crippen LogP) is 2.71. The van der Waals surface area contributed by atoms with Gasteiger partial charge in [0.2, 0.25) is 0 Å². The van der Waals surface area contributed by atoms with Gasteiger partial charge in [0.15, 0.2) is 5.75 Å². The molecule has 1 aliphatic rings. The van der Waals surface area contributed by atoms with Crippen LogP contribution in [0.4, 0.5) is 0 Å². The second kappa shape index (κ2) is 4.82. The lowest BCUT2D eigenvalue weighted by Gasteiger charge is -2.07. The van der Waals surface area contributed by atoms with E-state index in [9.17, 15) is 4.79 Å². The van der Waals surface area contributed by atoms with Gasteiger partial charge in [-0.25, -0.2) is 4.79 Å². The molecule has 3 heteroatoms. The lowest BCUT2D eigenvalue weighted by molar-refractivity contribution is -0.218. The molecule has 0 atom stereocenters. The van der Waals surface area contributed by atoms with Gasteiger partial charge in [-0.05, 0) is 25.0 Å². The zero-order valence-electron chi connectivity index (χ0n) is 8.52. The predicted molar refractivity (Wildman–Crippen MR) is 55.1 cm³/mol. The third-order valence-electron chi connectivity index (χ3n) is 2.65. The molecule has 1 aliphatic carbocycles. The van der Waals surface area contributed by atoms with E-state index in [-0.39, 0.29) is 11.9 Å². The second-order valence-corrected chi connectivity index (χ2v) is 3.78. The molecule has 3 nitrogen and oxygen atoms in total. The summed E-state index contributed by atoms with van der Waals surface area (Å²) in [6.45, 7) is 0. The highest BCUT2D eigenvalue weighted by Crippen LogP contribution is 2.26. The second-order valence-electron chi connectivity index (χ2n) is 3.78. The van der Waals surface area contributed by atoms with Crippen LogP contribution in [-0.4, -0.2) is 5.97 Å². The molecular weight excluding hydrogens is 192 g/mol. The standard InChI is InChI=1S/C12H14O3/c13-12(10-6-4-5-7-10)15-14-11-8-2-1-3-9-11/h1-3,8-10H,4-7H2. The largest absolute Gasteiger partial charge is 0.358 e. The normalized spacial score (nSPS) is 16.3. The molecule has 0 amide bonds. The minimum atomic E-state index is -0.239. The van der Waals surface area contributed by atoms with Gasteiger partial charge < -0.3 is 0 Å². The monoisotopic (exact) mass is 206 g/mol. The van der Waals surface area contributed by atoms with Crippen LogP contribution in [0.2, 0.25) is 0 Å². The third-order valence-corrected chi connectivity index (χ3v) is 2.65. The van der Waals surface area contributed by atoms with E-state index >= 15 is 0 Å². The van der Waals surface area contributed by atoms with Crippen molar-refractivity contribution in [3.8, 4) is 5.75 Å². The maximum atomic E-state index is 11.5. The van der Waals surface area contributed by atoms with Crippen LogP contribution < -0.4 is 4.89 Å². The van der Waals surface area contributed by atoms with E-state index in [4.69, 9.17) is 9.78 Å². The molecule has 0 aromatic heterocycles. The third kappa shape index (κ3) is 2.72. The molecule has 0 N–H and O–H groups in total. The van der Waals surface area contributed by atoms with Gasteiger partial charge in [0, 0.05) is 0 Å². The SMILES string of the molecule is O=C(OOc1ccccc1)C1CCCC1. The molecule has 15 heavy (non-hydrogen) atoms. The van der Waals surface area contributed by atoms with Crippen LogP contribution in [0.25, 0.3) is 0 Å². The number of hydrogen-bond acceptors (Lipinski definition) is 3. The van der Waals surface area contributed by atoms with Crippen molar-refractivity contribution in [3.05, 3.63) is 30.3 Å². The van der Waals surface area contributed by atoms with E-state index in [1.807, 2.05) is 18.2 Å². The number of para-hydroxylation sites is 1. The Hall–Kier alpha value is -1.51. The molecule has 80 valence electrons. The van der Waals surface area contributed by atoms with Crippen LogP contribution in [0.15, 0.2) is 30.3 Å². The Morgan fingerprint density at radius 1 is 1.13 bits per heavy atom. The van der Waals surface area contributed by atoms with E-state index in [0.29, 0.717) is 5.75 Å². The maximum absolute atomic E-state index is 11.5. The van der Waals surface area contributed by atoms with Crippen molar-refractivity contribution in [2.75, 3.05) is 0 Å². The van der Waals surface area contributed by atoms with Crippen molar-refractivity contribution in [2.45, 2.75) is 25.7 Å². The Kier molecular flexibility index (Phi) is 3.22. The van der Waals surface area contributed by atoms with E-state index in [0.717, 1.165) is 25.7 Å². The molecule has 2 rings (SSSR count). The topological polar surface area (TPSA) is 35.5 Å². The smallest absolute Gasteiger partial charge is 0.287 e. The molecule has 1 fully saturated rings. The first-order valence-corrected chi connectivity index (χ1v) is 5.29. The molecule has 1 aromatic carbocycles. The van der Waals surface area contributed by atoms with E-state index in [2.05, 4.69) is 0 Å². The fourth-order valence-corrected chi connectivity index (χ4v) is 1.79. The molecular formula is C12H14O3. The van der Waals surface area contributed by atoms with Crippen molar-refractivity contribution in [1.29, 1.82) is 0 Å². The van der Waals surface area contributed by atoms with Gasteiger partial charge in [0.25, 0.3) is 0 Å². The first-order chi connectivity index (χ1) is 7.36. The summed E-state index contributed by atoms with van der Waals surface area (Å²) in [7, 11) is 0. The summed E-state index contributed by atoms with van der Waals surface area (Å²) in [5.41, 5.74) is 0. The molecule has 0 radical (unpaired) electrons. The maximum Gasteiger partial charge on any atom is 0.358 e. The van der Waals surface area contributed by atoms with Gasteiger partial charge in [-0.2, -0.15) is 0 Å². The fraction of sp³-hybridized carbons (Fsp3) is 0.417. The minimum Gasteiger partial charge on any atom is -0.287 e. The summed E-state index contributed by atoms with van der Waals surface area (Å²) in [5.74, 6) is 0.355. The molecule has 0 aliphatic heterocycles.